The number of amides is 1. The van der Waals surface area contributed by atoms with Crippen LogP contribution in [0.25, 0.3) is 0 Å². The van der Waals surface area contributed by atoms with Crippen molar-refractivity contribution in [2.45, 2.75) is 18.9 Å². The van der Waals surface area contributed by atoms with Crippen molar-refractivity contribution < 1.29 is 19.1 Å². The lowest BCUT2D eigenvalue weighted by Crippen LogP contribution is -2.36. The van der Waals surface area contributed by atoms with E-state index in [1.807, 2.05) is 48.5 Å². The number of likely N-dealkylation sites (N-methyl/N-ethyl adjacent to an activating group) is 1. The molecule has 0 saturated carbocycles. The third-order valence-corrected chi connectivity index (χ3v) is 4.00. The van der Waals surface area contributed by atoms with E-state index in [2.05, 4.69) is 0 Å². The summed E-state index contributed by atoms with van der Waals surface area (Å²) in [5, 5.41) is 0. The number of carbonyl (C=O) groups excluding carboxylic acids is 2. The number of ether oxygens (including phenoxy) is 2. The first kappa shape index (κ1) is 16.1. The summed E-state index contributed by atoms with van der Waals surface area (Å²) in [6.45, 7) is 1.58. The minimum absolute atomic E-state index is 0.253. The van der Waals surface area contributed by atoms with Crippen LogP contribution < -0.4 is 4.74 Å². The lowest BCUT2D eigenvalue weighted by atomic mass is 9.88. The van der Waals surface area contributed by atoms with Gasteiger partial charge < -0.3 is 14.4 Å². The number of carbonyl (C=O) groups is 2. The molecule has 24 heavy (non-hydrogen) atoms. The van der Waals surface area contributed by atoms with Gasteiger partial charge in [-0.15, -0.1) is 0 Å². The van der Waals surface area contributed by atoms with E-state index in [1.165, 1.54) is 4.90 Å². The molecule has 1 atom stereocenters. The largest absolute Gasteiger partial charge is 0.457 e. The summed E-state index contributed by atoms with van der Waals surface area (Å²) < 4.78 is 11.3. The first-order valence-corrected chi connectivity index (χ1v) is 7.76. The molecule has 1 aliphatic heterocycles. The fourth-order valence-corrected chi connectivity index (χ4v) is 2.82. The van der Waals surface area contributed by atoms with Crippen LogP contribution in [0.3, 0.4) is 0 Å². The second kappa shape index (κ2) is 6.35. The van der Waals surface area contributed by atoms with Crippen LogP contribution in [-0.4, -0.2) is 37.0 Å². The van der Waals surface area contributed by atoms with Gasteiger partial charge in [-0.25, -0.2) is 0 Å². The van der Waals surface area contributed by atoms with Crippen molar-refractivity contribution in [3.63, 3.8) is 0 Å². The molecule has 0 unspecified atom stereocenters. The fourth-order valence-electron chi connectivity index (χ4n) is 2.82. The summed E-state index contributed by atoms with van der Waals surface area (Å²) in [7, 11) is 3.26. The second-order valence-electron chi connectivity index (χ2n) is 5.92. The number of benzene rings is 2. The standard InChI is InChI=1S/C19H19NO4/c1-12(18(21)20(2)3)23-19(22)17-13-8-4-6-10-15(13)24-16-11-7-5-9-14(16)17/h4-12,17H,1-3H3/t12-/m0/s1. The van der Waals surface area contributed by atoms with Crippen molar-refractivity contribution in [1.82, 2.24) is 4.90 Å². The summed E-state index contributed by atoms with van der Waals surface area (Å²) >= 11 is 0. The van der Waals surface area contributed by atoms with E-state index in [-0.39, 0.29) is 5.91 Å². The molecule has 0 aromatic heterocycles. The topological polar surface area (TPSA) is 55.8 Å². The van der Waals surface area contributed by atoms with Gasteiger partial charge in [0.2, 0.25) is 0 Å². The molecule has 124 valence electrons. The number of rotatable bonds is 3. The maximum atomic E-state index is 12.8. The van der Waals surface area contributed by atoms with Crippen molar-refractivity contribution in [1.29, 1.82) is 0 Å². The van der Waals surface area contributed by atoms with Crippen LogP contribution in [0.15, 0.2) is 48.5 Å². The Morgan fingerprint density at radius 3 is 2.00 bits per heavy atom. The van der Waals surface area contributed by atoms with E-state index in [0.29, 0.717) is 11.5 Å². The molecular formula is C19H19NO4. The zero-order valence-corrected chi connectivity index (χ0v) is 13.9. The van der Waals surface area contributed by atoms with Crippen molar-refractivity contribution >= 4 is 11.9 Å². The summed E-state index contributed by atoms with van der Waals surface area (Å²) in [6.07, 6.45) is -0.838. The van der Waals surface area contributed by atoms with E-state index < -0.39 is 18.0 Å². The van der Waals surface area contributed by atoms with Gasteiger partial charge >= 0.3 is 5.97 Å². The molecule has 5 heteroatoms. The minimum Gasteiger partial charge on any atom is -0.457 e. The fraction of sp³-hybridized carbons (Fsp3) is 0.263. The molecule has 1 aliphatic rings. The van der Waals surface area contributed by atoms with Crippen molar-refractivity contribution in [3.05, 3.63) is 59.7 Å². The maximum Gasteiger partial charge on any atom is 0.318 e. The Kier molecular flexibility index (Phi) is 4.25. The molecule has 0 radical (unpaired) electrons. The normalized spacial score (nSPS) is 14.0. The highest BCUT2D eigenvalue weighted by Gasteiger charge is 2.35. The highest BCUT2D eigenvalue weighted by Crippen LogP contribution is 2.44. The Bertz CT molecular complexity index is 739. The number of para-hydroxylation sites is 2. The lowest BCUT2D eigenvalue weighted by Gasteiger charge is -2.28. The minimum atomic E-state index is -0.838. The van der Waals surface area contributed by atoms with E-state index in [1.54, 1.807) is 21.0 Å². The highest BCUT2D eigenvalue weighted by molar-refractivity contribution is 5.88. The molecule has 5 nitrogen and oxygen atoms in total. The molecule has 0 saturated heterocycles. The molecule has 0 fully saturated rings. The third kappa shape index (κ3) is 2.85. The molecule has 0 aliphatic carbocycles. The van der Waals surface area contributed by atoms with Crippen LogP contribution in [-0.2, 0) is 14.3 Å². The quantitative estimate of drug-likeness (QED) is 0.814. The molecule has 1 amide bonds. The summed E-state index contributed by atoms with van der Waals surface area (Å²) in [5.74, 6) is -0.0593. The Hall–Kier alpha value is -2.82. The van der Waals surface area contributed by atoms with Crippen LogP contribution in [0.1, 0.15) is 24.0 Å². The molecule has 1 heterocycles. The van der Waals surface area contributed by atoms with Crippen LogP contribution in [0, 0.1) is 0 Å². The van der Waals surface area contributed by atoms with Gasteiger partial charge in [-0.2, -0.15) is 0 Å². The van der Waals surface area contributed by atoms with Crippen molar-refractivity contribution in [2.75, 3.05) is 14.1 Å². The molecule has 2 aromatic rings. The number of nitrogens with zero attached hydrogens (tertiary/aromatic N) is 1. The Morgan fingerprint density at radius 1 is 1.00 bits per heavy atom. The van der Waals surface area contributed by atoms with Crippen molar-refractivity contribution in [2.24, 2.45) is 0 Å². The van der Waals surface area contributed by atoms with E-state index in [0.717, 1.165) is 11.1 Å². The Morgan fingerprint density at radius 2 is 1.50 bits per heavy atom. The van der Waals surface area contributed by atoms with Gasteiger partial charge in [0.25, 0.3) is 5.91 Å². The van der Waals surface area contributed by atoms with Crippen LogP contribution >= 0.6 is 0 Å². The molecule has 0 spiro atoms. The van der Waals surface area contributed by atoms with Crippen molar-refractivity contribution in [3.8, 4) is 11.5 Å². The zero-order chi connectivity index (χ0) is 17.3. The predicted octanol–water partition coefficient (Wildman–Crippen LogP) is 2.94. The smallest absolute Gasteiger partial charge is 0.318 e. The van der Waals surface area contributed by atoms with E-state index in [9.17, 15) is 9.59 Å². The monoisotopic (exact) mass is 325 g/mol. The molecule has 0 bridgehead atoms. The second-order valence-corrected chi connectivity index (χ2v) is 5.92. The zero-order valence-electron chi connectivity index (χ0n) is 13.9. The number of esters is 1. The van der Waals surface area contributed by atoms with Crippen LogP contribution in [0.5, 0.6) is 11.5 Å². The summed E-state index contributed by atoms with van der Waals surface area (Å²) in [6, 6.07) is 14.7. The van der Waals surface area contributed by atoms with Gasteiger partial charge in [-0.3, -0.25) is 9.59 Å². The van der Waals surface area contributed by atoms with Crippen LogP contribution in [0.4, 0.5) is 0 Å². The SMILES string of the molecule is C[C@H](OC(=O)C1c2ccccc2Oc2ccccc21)C(=O)N(C)C. The average molecular weight is 325 g/mol. The Balaban J connectivity index is 1.95. The van der Waals surface area contributed by atoms with E-state index in [4.69, 9.17) is 9.47 Å². The number of fused-ring (bicyclic) bond motifs is 2. The van der Waals surface area contributed by atoms with Crippen LogP contribution in [0.2, 0.25) is 0 Å². The average Bonchev–Trinajstić information content (AvgIpc) is 2.58. The van der Waals surface area contributed by atoms with Gasteiger partial charge in [-0.05, 0) is 19.1 Å². The van der Waals surface area contributed by atoms with Gasteiger partial charge in [0.1, 0.15) is 17.4 Å². The molecule has 2 aromatic carbocycles. The summed E-state index contributed by atoms with van der Waals surface area (Å²) in [5.41, 5.74) is 1.48. The van der Waals surface area contributed by atoms with Gasteiger partial charge in [0, 0.05) is 25.2 Å². The number of hydrogen-bond donors (Lipinski definition) is 0. The Labute approximate surface area is 140 Å². The van der Waals surface area contributed by atoms with Gasteiger partial charge in [0.05, 0.1) is 0 Å². The summed E-state index contributed by atoms with van der Waals surface area (Å²) in [4.78, 5) is 26.2. The van der Waals surface area contributed by atoms with Gasteiger partial charge in [0.15, 0.2) is 6.10 Å². The third-order valence-electron chi connectivity index (χ3n) is 4.00. The first-order valence-electron chi connectivity index (χ1n) is 7.76. The highest BCUT2D eigenvalue weighted by atomic mass is 16.5. The first-order chi connectivity index (χ1) is 11.5. The number of hydrogen-bond acceptors (Lipinski definition) is 4. The molecule has 0 N–H and O–H groups in total. The lowest BCUT2D eigenvalue weighted by molar-refractivity contribution is -0.158. The molecule has 3 rings (SSSR count). The van der Waals surface area contributed by atoms with E-state index >= 15 is 0 Å². The predicted molar refractivity (Wildman–Crippen MR) is 89.0 cm³/mol. The maximum absolute atomic E-state index is 12.8. The molecular weight excluding hydrogens is 306 g/mol. The van der Waals surface area contributed by atoms with Gasteiger partial charge in [-0.1, -0.05) is 36.4 Å².